The van der Waals surface area contributed by atoms with Crippen LogP contribution in [0.2, 0.25) is 0 Å². The van der Waals surface area contributed by atoms with Crippen LogP contribution in [0.25, 0.3) is 0 Å². The van der Waals surface area contributed by atoms with Crippen LogP contribution in [0.1, 0.15) is 11.3 Å². The Morgan fingerprint density at radius 1 is 1.49 bits per heavy atom. The molecule has 0 aliphatic carbocycles. The lowest BCUT2D eigenvalue weighted by atomic mass is 10.0. The van der Waals surface area contributed by atoms with Gasteiger partial charge in [0.15, 0.2) is 29.8 Å². The van der Waals surface area contributed by atoms with E-state index in [0.29, 0.717) is 11.3 Å². The van der Waals surface area contributed by atoms with Gasteiger partial charge in [0.05, 0.1) is 0 Å². The minimum Gasteiger partial charge on any atom is -0.477 e. The van der Waals surface area contributed by atoms with Crippen LogP contribution in [0.5, 0.6) is 0 Å². The van der Waals surface area contributed by atoms with Crippen molar-refractivity contribution in [3.05, 3.63) is 52.4 Å². The third-order valence-electron chi connectivity index (χ3n) is 5.12. The van der Waals surface area contributed by atoms with Gasteiger partial charge in [-0.15, -0.1) is 23.1 Å². The number of β-lactam (4-membered cyclic amide) rings is 1. The van der Waals surface area contributed by atoms with Crippen LogP contribution in [0.4, 0.5) is 13.9 Å². The first-order valence-electron chi connectivity index (χ1n) is 10.1. The third kappa shape index (κ3) is 5.09. The van der Waals surface area contributed by atoms with E-state index in [1.165, 1.54) is 17.1 Å². The van der Waals surface area contributed by atoms with Crippen molar-refractivity contribution in [2.45, 2.75) is 31.5 Å². The van der Waals surface area contributed by atoms with Crippen molar-refractivity contribution < 1.29 is 37.7 Å². The summed E-state index contributed by atoms with van der Waals surface area (Å²) in [5, 5.41) is 16.1. The molecular formula is C20H19F2N6O5S2+. The number of carboxylic acids is 1. The number of oxime groups is 1. The average molecular weight is 526 g/mol. The van der Waals surface area contributed by atoms with Gasteiger partial charge < -0.3 is 21.0 Å². The minimum absolute atomic E-state index is 0.0709. The number of carbonyl (C=O) groups excluding carboxylic acids is 2. The Hall–Kier alpha value is -3.59. The maximum absolute atomic E-state index is 12.9. The molecule has 1 fully saturated rings. The van der Waals surface area contributed by atoms with Crippen LogP contribution in [-0.4, -0.2) is 62.3 Å². The normalized spacial score (nSPS) is 19.9. The van der Waals surface area contributed by atoms with Crippen molar-refractivity contribution in [3.8, 4) is 0 Å². The first-order chi connectivity index (χ1) is 16.7. The number of halogens is 2. The van der Waals surface area contributed by atoms with E-state index < -0.39 is 41.5 Å². The summed E-state index contributed by atoms with van der Waals surface area (Å²) in [7, 11) is 0. The predicted octanol–water partition coefficient (Wildman–Crippen LogP) is 0.703. The fourth-order valence-corrected chi connectivity index (χ4v) is 5.56. The van der Waals surface area contributed by atoms with E-state index in [1.54, 1.807) is 6.20 Å². The molecule has 4 rings (SSSR count). The maximum atomic E-state index is 12.9. The van der Waals surface area contributed by atoms with E-state index in [-0.39, 0.29) is 23.1 Å². The molecule has 0 aromatic carbocycles. The highest BCUT2D eigenvalue weighted by Gasteiger charge is 2.54. The van der Waals surface area contributed by atoms with Crippen molar-refractivity contribution in [2.75, 3.05) is 11.5 Å². The number of rotatable bonds is 8. The molecule has 2 aromatic heterocycles. The van der Waals surface area contributed by atoms with Gasteiger partial charge in [-0.2, -0.15) is 8.78 Å². The van der Waals surface area contributed by atoms with Crippen molar-refractivity contribution in [1.29, 1.82) is 0 Å². The number of alkyl halides is 2. The second kappa shape index (κ2) is 9.95. The maximum Gasteiger partial charge on any atom is 0.407 e. The molecule has 4 heterocycles. The van der Waals surface area contributed by atoms with Gasteiger partial charge in [-0.1, -0.05) is 5.16 Å². The molecule has 2 amide bonds. The molecule has 0 saturated carbocycles. The minimum atomic E-state index is -3.28. The number of hydrogen-bond acceptors (Lipinski definition) is 9. The Kier molecular flexibility index (Phi) is 6.98. The molecule has 0 spiro atoms. The van der Waals surface area contributed by atoms with Crippen molar-refractivity contribution in [1.82, 2.24) is 15.2 Å². The second-order valence-corrected chi connectivity index (χ2v) is 9.54. The number of anilines is 1. The summed E-state index contributed by atoms with van der Waals surface area (Å²) in [6.45, 7) is -1.10. The van der Waals surface area contributed by atoms with Crippen LogP contribution < -0.4 is 15.6 Å². The molecule has 2 atom stereocenters. The molecule has 1 saturated heterocycles. The van der Waals surface area contributed by atoms with Gasteiger partial charge in [0.1, 0.15) is 22.8 Å². The molecule has 1 unspecified atom stereocenters. The standard InChI is InChI=1S/C20H18F2N6O5S2/c1-9-3-2-4-27(5-9)6-10-7-34-17-13(16(30)28(17)14(10)18(31)32)25-15(29)12(26-33-19(21)22)11-8-35-20(23)24-11/h2-5,8,13,17,19H,6-7H2,1H3,(H3-,23,24,25,29,31,32)/p+1/t13?,17-/m0/s1. The molecule has 2 aliphatic rings. The van der Waals surface area contributed by atoms with E-state index >= 15 is 0 Å². The zero-order valence-corrected chi connectivity index (χ0v) is 19.7. The molecule has 184 valence electrons. The highest BCUT2D eigenvalue weighted by atomic mass is 32.2. The van der Waals surface area contributed by atoms with E-state index in [1.807, 2.05) is 29.8 Å². The van der Waals surface area contributed by atoms with Crippen LogP contribution in [0, 0.1) is 6.92 Å². The van der Waals surface area contributed by atoms with Gasteiger partial charge in [-0.25, -0.2) is 14.3 Å². The van der Waals surface area contributed by atoms with E-state index in [2.05, 4.69) is 20.3 Å². The third-order valence-corrected chi connectivity index (χ3v) is 7.13. The Balaban J connectivity index is 1.54. The smallest absolute Gasteiger partial charge is 0.407 e. The molecule has 11 nitrogen and oxygen atoms in total. The van der Waals surface area contributed by atoms with Crippen LogP contribution >= 0.6 is 23.1 Å². The van der Waals surface area contributed by atoms with Crippen LogP contribution in [0.3, 0.4) is 0 Å². The summed E-state index contributed by atoms with van der Waals surface area (Å²) >= 11 is 2.24. The molecule has 0 radical (unpaired) electrons. The Morgan fingerprint density at radius 2 is 2.26 bits per heavy atom. The van der Waals surface area contributed by atoms with Gasteiger partial charge in [-0.3, -0.25) is 14.5 Å². The number of fused-ring (bicyclic) bond motifs is 1. The van der Waals surface area contributed by atoms with Gasteiger partial charge in [0.2, 0.25) is 0 Å². The predicted molar refractivity (Wildman–Crippen MR) is 121 cm³/mol. The number of thiazole rings is 1. The topological polar surface area (TPSA) is 151 Å². The van der Waals surface area contributed by atoms with Gasteiger partial charge >= 0.3 is 12.6 Å². The van der Waals surface area contributed by atoms with E-state index in [0.717, 1.165) is 21.8 Å². The number of hydrogen-bond donors (Lipinski definition) is 3. The quantitative estimate of drug-likeness (QED) is 0.197. The van der Waals surface area contributed by atoms with Gasteiger partial charge in [-0.05, 0) is 13.0 Å². The number of nitrogen functional groups attached to an aromatic ring is 1. The lowest BCUT2D eigenvalue weighted by Crippen LogP contribution is -2.71. The van der Waals surface area contributed by atoms with Crippen molar-refractivity contribution >= 4 is 51.7 Å². The molecule has 2 aliphatic heterocycles. The molecule has 35 heavy (non-hydrogen) atoms. The second-order valence-electron chi connectivity index (χ2n) is 7.55. The highest BCUT2D eigenvalue weighted by Crippen LogP contribution is 2.40. The van der Waals surface area contributed by atoms with E-state index in [9.17, 15) is 28.3 Å². The number of nitrogens with zero attached hydrogens (tertiary/aromatic N) is 4. The zero-order valence-electron chi connectivity index (χ0n) is 18.1. The summed E-state index contributed by atoms with van der Waals surface area (Å²) in [5.74, 6) is -2.59. The number of carboxylic acid groups (broad SMARTS) is 1. The Bertz CT molecular complexity index is 1250. The summed E-state index contributed by atoms with van der Waals surface area (Å²) in [4.78, 5) is 46.6. The Morgan fingerprint density at radius 3 is 2.89 bits per heavy atom. The largest absolute Gasteiger partial charge is 0.477 e. The van der Waals surface area contributed by atoms with Gasteiger partial charge in [0, 0.05) is 28.3 Å². The average Bonchev–Trinajstić information content (AvgIpc) is 3.22. The fourth-order valence-electron chi connectivity index (χ4n) is 3.68. The van der Waals surface area contributed by atoms with Crippen LogP contribution in [0.15, 0.2) is 46.3 Å². The zero-order chi connectivity index (χ0) is 25.3. The monoisotopic (exact) mass is 525 g/mol. The summed E-state index contributed by atoms with van der Waals surface area (Å²) in [6, 6.07) is 2.65. The first-order valence-corrected chi connectivity index (χ1v) is 12.0. The molecule has 0 bridgehead atoms. The molecule has 15 heteroatoms. The number of carbonyl (C=O) groups is 3. The SMILES string of the molecule is Cc1ccc[n+](CC2=C(C(=O)O)N3C(=O)C(NC(=O)C(=NOC(F)F)c4csc(N)n4)[C@@H]3SC2)c1. The van der Waals surface area contributed by atoms with Crippen molar-refractivity contribution in [3.63, 3.8) is 0 Å². The number of aliphatic carboxylic acids is 1. The fraction of sp³-hybridized carbons (Fsp3) is 0.300. The van der Waals surface area contributed by atoms with Gasteiger partial charge in [0.25, 0.3) is 11.8 Å². The number of thioether (sulfide) groups is 1. The number of nitrogens with one attached hydrogen (secondary N) is 1. The number of aromatic nitrogens is 2. The number of amides is 2. The summed E-state index contributed by atoms with van der Waals surface area (Å²) < 4.78 is 26.8. The molecule has 2 aromatic rings. The van der Waals surface area contributed by atoms with E-state index in [4.69, 9.17) is 5.73 Å². The number of nitrogens with two attached hydrogens (primary N) is 1. The Labute approximate surface area is 205 Å². The summed E-state index contributed by atoms with van der Waals surface area (Å²) in [5.41, 5.74) is 6.25. The number of aryl methyl sites for hydroxylation is 1. The molecular weight excluding hydrogens is 506 g/mol. The summed E-state index contributed by atoms with van der Waals surface area (Å²) in [6.07, 6.45) is 3.66. The van der Waals surface area contributed by atoms with Crippen LogP contribution in [-0.2, 0) is 25.8 Å². The highest BCUT2D eigenvalue weighted by molar-refractivity contribution is 8.00. The molecule has 4 N–H and O–H groups in total. The lowest BCUT2D eigenvalue weighted by Gasteiger charge is -2.49. The number of pyridine rings is 1. The van der Waals surface area contributed by atoms with Crippen molar-refractivity contribution in [2.24, 2.45) is 5.16 Å². The first kappa shape index (κ1) is 24.5. The lowest BCUT2D eigenvalue weighted by molar-refractivity contribution is -0.689.